The van der Waals surface area contributed by atoms with Gasteiger partial charge < -0.3 is 10.3 Å². The van der Waals surface area contributed by atoms with Gasteiger partial charge in [-0.05, 0) is 43.5 Å². The average molecular weight is 295 g/mol. The fourth-order valence-corrected chi connectivity index (χ4v) is 2.61. The van der Waals surface area contributed by atoms with Crippen LogP contribution >= 0.6 is 15.9 Å². The number of benzene rings is 1. The van der Waals surface area contributed by atoms with Gasteiger partial charge in [0.1, 0.15) is 0 Å². The first kappa shape index (κ1) is 12.7. The van der Waals surface area contributed by atoms with Crippen molar-refractivity contribution in [3.8, 4) is 0 Å². The summed E-state index contributed by atoms with van der Waals surface area (Å²) in [6.45, 7) is 4.05. The maximum atomic E-state index is 5.60. The van der Waals surface area contributed by atoms with Crippen molar-refractivity contribution in [3.05, 3.63) is 34.4 Å². The Morgan fingerprint density at radius 3 is 2.88 bits per heavy atom. The number of hydrogen-bond acceptors (Lipinski definition) is 1. The number of fused-ring (bicyclic) bond motifs is 1. The first-order valence-corrected chi connectivity index (χ1v) is 7.03. The van der Waals surface area contributed by atoms with Crippen molar-refractivity contribution in [3.63, 3.8) is 0 Å². The SMILES string of the molecule is CCCn1cc(CCCN)c2ccc(Br)cc21. The number of halogens is 1. The molecule has 0 saturated carbocycles. The van der Waals surface area contributed by atoms with Crippen LogP contribution in [0.4, 0.5) is 0 Å². The molecule has 0 aliphatic carbocycles. The minimum Gasteiger partial charge on any atom is -0.347 e. The van der Waals surface area contributed by atoms with Gasteiger partial charge in [0.15, 0.2) is 0 Å². The summed E-state index contributed by atoms with van der Waals surface area (Å²) in [4.78, 5) is 0. The Bertz CT molecular complexity index is 502. The molecule has 0 atom stereocenters. The maximum absolute atomic E-state index is 5.60. The molecule has 17 heavy (non-hydrogen) atoms. The lowest BCUT2D eigenvalue weighted by molar-refractivity contribution is 0.699. The van der Waals surface area contributed by atoms with Crippen molar-refractivity contribution in [2.75, 3.05) is 6.54 Å². The number of hydrogen-bond donors (Lipinski definition) is 1. The molecule has 2 aromatic rings. The Kier molecular flexibility index (Phi) is 4.24. The molecule has 0 radical (unpaired) electrons. The summed E-state index contributed by atoms with van der Waals surface area (Å²) < 4.78 is 3.50. The van der Waals surface area contributed by atoms with Crippen molar-refractivity contribution < 1.29 is 0 Å². The Morgan fingerprint density at radius 1 is 1.35 bits per heavy atom. The van der Waals surface area contributed by atoms with Gasteiger partial charge in [-0.3, -0.25) is 0 Å². The lowest BCUT2D eigenvalue weighted by atomic mass is 10.1. The first-order chi connectivity index (χ1) is 8.26. The van der Waals surface area contributed by atoms with Crippen LogP contribution in [0.1, 0.15) is 25.3 Å². The molecule has 0 unspecified atom stereocenters. The molecule has 0 spiro atoms. The van der Waals surface area contributed by atoms with Crippen molar-refractivity contribution in [1.29, 1.82) is 0 Å². The van der Waals surface area contributed by atoms with Gasteiger partial charge in [-0.1, -0.05) is 28.9 Å². The Labute approximate surface area is 111 Å². The zero-order valence-corrected chi connectivity index (χ0v) is 11.8. The van der Waals surface area contributed by atoms with E-state index in [4.69, 9.17) is 5.73 Å². The smallest absolute Gasteiger partial charge is 0.0494 e. The van der Waals surface area contributed by atoms with Gasteiger partial charge in [0.2, 0.25) is 0 Å². The molecular weight excluding hydrogens is 276 g/mol. The van der Waals surface area contributed by atoms with Crippen LogP contribution in [-0.2, 0) is 13.0 Å². The fourth-order valence-electron chi connectivity index (χ4n) is 2.26. The predicted molar refractivity (Wildman–Crippen MR) is 77.3 cm³/mol. The number of rotatable bonds is 5. The molecule has 2 N–H and O–H groups in total. The summed E-state index contributed by atoms with van der Waals surface area (Å²) in [7, 11) is 0. The molecule has 0 aliphatic rings. The molecule has 2 rings (SSSR count). The monoisotopic (exact) mass is 294 g/mol. The van der Waals surface area contributed by atoms with Crippen LogP contribution in [0.15, 0.2) is 28.9 Å². The lowest BCUT2D eigenvalue weighted by Crippen LogP contribution is -2.00. The van der Waals surface area contributed by atoms with Crippen LogP contribution in [0, 0.1) is 0 Å². The second-order valence-electron chi connectivity index (χ2n) is 4.40. The van der Waals surface area contributed by atoms with E-state index in [1.807, 2.05) is 0 Å². The van der Waals surface area contributed by atoms with E-state index < -0.39 is 0 Å². The molecule has 1 aromatic heterocycles. The topological polar surface area (TPSA) is 30.9 Å². The van der Waals surface area contributed by atoms with Gasteiger partial charge >= 0.3 is 0 Å². The highest BCUT2D eigenvalue weighted by Crippen LogP contribution is 2.26. The van der Waals surface area contributed by atoms with Gasteiger partial charge in [-0.2, -0.15) is 0 Å². The number of aryl methyl sites for hydroxylation is 2. The highest BCUT2D eigenvalue weighted by molar-refractivity contribution is 9.10. The zero-order chi connectivity index (χ0) is 12.3. The van der Waals surface area contributed by atoms with E-state index in [0.717, 1.165) is 36.8 Å². The summed E-state index contributed by atoms with van der Waals surface area (Å²) in [5, 5.41) is 1.37. The van der Waals surface area contributed by atoms with Gasteiger partial charge in [0.25, 0.3) is 0 Å². The van der Waals surface area contributed by atoms with E-state index >= 15 is 0 Å². The molecule has 0 bridgehead atoms. The van der Waals surface area contributed by atoms with Crippen molar-refractivity contribution >= 4 is 26.8 Å². The maximum Gasteiger partial charge on any atom is 0.0494 e. The van der Waals surface area contributed by atoms with Gasteiger partial charge in [-0.25, -0.2) is 0 Å². The third-order valence-corrected chi connectivity index (χ3v) is 3.53. The Hall–Kier alpha value is -0.800. The second-order valence-corrected chi connectivity index (χ2v) is 5.32. The van der Waals surface area contributed by atoms with E-state index in [0.29, 0.717) is 0 Å². The molecule has 2 nitrogen and oxygen atoms in total. The van der Waals surface area contributed by atoms with Crippen LogP contribution in [0.2, 0.25) is 0 Å². The molecule has 0 aliphatic heterocycles. The average Bonchev–Trinajstić information content (AvgIpc) is 2.65. The van der Waals surface area contributed by atoms with Crippen LogP contribution in [0.5, 0.6) is 0 Å². The molecule has 92 valence electrons. The van der Waals surface area contributed by atoms with Gasteiger partial charge in [-0.15, -0.1) is 0 Å². The summed E-state index contributed by atoms with van der Waals surface area (Å²) >= 11 is 3.55. The van der Waals surface area contributed by atoms with Crippen LogP contribution in [0.25, 0.3) is 10.9 Å². The van der Waals surface area contributed by atoms with Gasteiger partial charge in [0, 0.05) is 28.1 Å². The van der Waals surface area contributed by atoms with E-state index in [-0.39, 0.29) is 0 Å². The van der Waals surface area contributed by atoms with E-state index in [1.54, 1.807) is 0 Å². The largest absolute Gasteiger partial charge is 0.347 e. The number of aromatic nitrogens is 1. The van der Waals surface area contributed by atoms with Crippen molar-refractivity contribution in [2.45, 2.75) is 32.7 Å². The molecule has 1 aromatic carbocycles. The molecule has 1 heterocycles. The predicted octanol–water partition coefficient (Wildman–Crippen LogP) is 3.71. The lowest BCUT2D eigenvalue weighted by Gasteiger charge is -2.02. The van der Waals surface area contributed by atoms with Crippen LogP contribution in [-0.4, -0.2) is 11.1 Å². The van der Waals surface area contributed by atoms with Crippen molar-refractivity contribution in [1.82, 2.24) is 4.57 Å². The summed E-state index contributed by atoms with van der Waals surface area (Å²) in [5.74, 6) is 0. The second kappa shape index (κ2) is 5.69. The minimum atomic E-state index is 0.761. The van der Waals surface area contributed by atoms with E-state index in [9.17, 15) is 0 Å². The molecule has 3 heteroatoms. The molecule has 0 fully saturated rings. The van der Waals surface area contributed by atoms with Gasteiger partial charge in [0.05, 0.1) is 0 Å². The zero-order valence-electron chi connectivity index (χ0n) is 10.2. The summed E-state index contributed by atoms with van der Waals surface area (Å²) in [6.07, 6.45) is 5.58. The Morgan fingerprint density at radius 2 is 2.18 bits per heavy atom. The highest BCUT2D eigenvalue weighted by Gasteiger charge is 2.08. The third-order valence-electron chi connectivity index (χ3n) is 3.04. The van der Waals surface area contributed by atoms with E-state index in [1.165, 1.54) is 16.5 Å². The first-order valence-electron chi connectivity index (χ1n) is 6.23. The summed E-state index contributed by atoms with van der Waals surface area (Å²) in [5.41, 5.74) is 8.35. The standard InChI is InChI=1S/C14H19BrN2/c1-2-8-17-10-11(4-3-7-16)13-6-5-12(15)9-14(13)17/h5-6,9-10H,2-4,7-8,16H2,1H3. The molecular formula is C14H19BrN2. The molecule has 0 saturated heterocycles. The normalized spacial score (nSPS) is 11.2. The van der Waals surface area contributed by atoms with E-state index in [2.05, 4.69) is 51.8 Å². The molecule has 0 amide bonds. The van der Waals surface area contributed by atoms with Crippen LogP contribution < -0.4 is 5.73 Å². The number of nitrogens with zero attached hydrogens (tertiary/aromatic N) is 1. The minimum absolute atomic E-state index is 0.761. The Balaban J connectivity index is 2.46. The summed E-state index contributed by atoms with van der Waals surface area (Å²) in [6, 6.07) is 6.53. The number of nitrogens with two attached hydrogens (primary N) is 1. The highest BCUT2D eigenvalue weighted by atomic mass is 79.9. The fraction of sp³-hybridized carbons (Fsp3) is 0.429. The quantitative estimate of drug-likeness (QED) is 0.895. The third kappa shape index (κ3) is 2.72. The van der Waals surface area contributed by atoms with Crippen molar-refractivity contribution in [2.24, 2.45) is 5.73 Å². The van der Waals surface area contributed by atoms with Crippen LogP contribution in [0.3, 0.4) is 0 Å².